The number of halogens is 1. The van der Waals surface area contributed by atoms with Gasteiger partial charge in [0, 0.05) is 45.3 Å². The molecule has 0 amide bonds. The van der Waals surface area contributed by atoms with Crippen LogP contribution in [-0.2, 0) is 6.42 Å². The minimum absolute atomic E-state index is 0. The van der Waals surface area contributed by atoms with Gasteiger partial charge in [0.15, 0.2) is 17.5 Å². The molecule has 1 aliphatic heterocycles. The zero-order valence-electron chi connectivity index (χ0n) is 18.5. The van der Waals surface area contributed by atoms with E-state index in [9.17, 15) is 0 Å². The van der Waals surface area contributed by atoms with Crippen LogP contribution in [0.2, 0.25) is 0 Å². The van der Waals surface area contributed by atoms with Crippen molar-refractivity contribution < 1.29 is 9.47 Å². The van der Waals surface area contributed by atoms with Crippen molar-refractivity contribution in [3.8, 4) is 11.5 Å². The highest BCUT2D eigenvalue weighted by Gasteiger charge is 2.18. The normalized spacial score (nSPS) is 16.7. The van der Waals surface area contributed by atoms with E-state index in [0.29, 0.717) is 6.04 Å². The van der Waals surface area contributed by atoms with Crippen LogP contribution >= 0.6 is 24.0 Å². The second kappa shape index (κ2) is 13.9. The summed E-state index contributed by atoms with van der Waals surface area (Å²) in [6, 6.07) is 6.50. The Hall–Kier alpha value is -1.26. The van der Waals surface area contributed by atoms with Gasteiger partial charge in [-0.15, -0.1) is 24.0 Å². The average molecular weight is 519 g/mol. The molecule has 8 heteroatoms. The van der Waals surface area contributed by atoms with Crippen LogP contribution in [0.15, 0.2) is 23.2 Å². The fourth-order valence-electron chi connectivity index (χ4n) is 3.30. The summed E-state index contributed by atoms with van der Waals surface area (Å²) in [6.45, 7) is 11.3. The first-order valence-corrected chi connectivity index (χ1v) is 10.2. The predicted molar refractivity (Wildman–Crippen MR) is 131 cm³/mol. The van der Waals surface area contributed by atoms with Crippen molar-refractivity contribution in [1.29, 1.82) is 0 Å². The lowest BCUT2D eigenvalue weighted by atomic mass is 10.1. The summed E-state index contributed by atoms with van der Waals surface area (Å²) in [7, 11) is 5.50. The van der Waals surface area contributed by atoms with E-state index in [1.807, 2.05) is 12.1 Å². The highest BCUT2D eigenvalue weighted by Crippen LogP contribution is 2.27. The summed E-state index contributed by atoms with van der Waals surface area (Å²) < 4.78 is 10.7. The Morgan fingerprint density at radius 2 is 1.79 bits per heavy atom. The standard InChI is InChI=1S/C21H37N5O2.HI/c1-6-22-21(24-16-17(2)26-13-11-25(3)12-14-26)23-10-9-18-7-8-19(27-4)20(15-18)28-5;/h7-8,15,17H,6,9-14,16H2,1-5H3,(H2,22,23,24);1H. The van der Waals surface area contributed by atoms with Gasteiger partial charge < -0.3 is 25.0 Å². The summed E-state index contributed by atoms with van der Waals surface area (Å²) in [4.78, 5) is 9.70. The van der Waals surface area contributed by atoms with E-state index in [1.54, 1.807) is 14.2 Å². The van der Waals surface area contributed by atoms with E-state index < -0.39 is 0 Å². The molecule has 0 bridgehead atoms. The van der Waals surface area contributed by atoms with Crippen LogP contribution in [0.25, 0.3) is 0 Å². The molecule has 0 spiro atoms. The van der Waals surface area contributed by atoms with Gasteiger partial charge in [-0.1, -0.05) is 6.07 Å². The number of methoxy groups -OCH3 is 2. The molecule has 1 unspecified atom stereocenters. The molecule has 29 heavy (non-hydrogen) atoms. The van der Waals surface area contributed by atoms with Gasteiger partial charge in [-0.25, -0.2) is 0 Å². The maximum atomic E-state index is 5.38. The first kappa shape index (κ1) is 25.8. The first-order chi connectivity index (χ1) is 13.6. The molecular weight excluding hydrogens is 481 g/mol. The minimum Gasteiger partial charge on any atom is -0.493 e. The van der Waals surface area contributed by atoms with E-state index in [0.717, 1.165) is 69.7 Å². The van der Waals surface area contributed by atoms with Crippen molar-refractivity contribution in [2.24, 2.45) is 4.99 Å². The first-order valence-electron chi connectivity index (χ1n) is 10.2. The second-order valence-corrected chi connectivity index (χ2v) is 7.27. The van der Waals surface area contributed by atoms with E-state index in [2.05, 4.69) is 47.4 Å². The summed E-state index contributed by atoms with van der Waals surface area (Å²) in [5.74, 6) is 2.40. The highest BCUT2D eigenvalue weighted by atomic mass is 127. The number of aliphatic imine (C=N–C) groups is 1. The zero-order chi connectivity index (χ0) is 20.4. The van der Waals surface area contributed by atoms with Gasteiger partial charge in [0.1, 0.15) is 0 Å². The van der Waals surface area contributed by atoms with Crippen LogP contribution in [0.1, 0.15) is 19.4 Å². The third kappa shape index (κ3) is 8.55. The topological polar surface area (TPSA) is 61.4 Å². The van der Waals surface area contributed by atoms with Gasteiger partial charge in [-0.3, -0.25) is 9.89 Å². The third-order valence-corrected chi connectivity index (χ3v) is 5.17. The molecule has 0 aromatic heterocycles. The number of piperazine rings is 1. The number of rotatable bonds is 9. The van der Waals surface area contributed by atoms with Crippen LogP contribution in [0.5, 0.6) is 11.5 Å². The minimum atomic E-state index is 0. The Kier molecular flexibility index (Phi) is 12.3. The van der Waals surface area contributed by atoms with Gasteiger partial charge in [0.2, 0.25) is 0 Å². The molecule has 0 aliphatic carbocycles. The molecule has 1 saturated heterocycles. The summed E-state index contributed by atoms with van der Waals surface area (Å²) in [5.41, 5.74) is 1.20. The van der Waals surface area contributed by atoms with Crippen molar-refractivity contribution in [3.63, 3.8) is 0 Å². The van der Waals surface area contributed by atoms with E-state index >= 15 is 0 Å². The molecule has 1 atom stereocenters. The molecule has 166 valence electrons. The van der Waals surface area contributed by atoms with Crippen LogP contribution < -0.4 is 20.1 Å². The second-order valence-electron chi connectivity index (χ2n) is 7.27. The molecule has 1 heterocycles. The van der Waals surface area contributed by atoms with Crippen molar-refractivity contribution in [2.45, 2.75) is 26.3 Å². The molecule has 2 N–H and O–H groups in total. The smallest absolute Gasteiger partial charge is 0.191 e. The number of hydrogen-bond acceptors (Lipinski definition) is 5. The third-order valence-electron chi connectivity index (χ3n) is 5.17. The molecule has 1 aromatic carbocycles. The highest BCUT2D eigenvalue weighted by molar-refractivity contribution is 14.0. The Balaban J connectivity index is 0.00000420. The molecular formula is C21H38IN5O2. The van der Waals surface area contributed by atoms with Gasteiger partial charge >= 0.3 is 0 Å². The van der Waals surface area contributed by atoms with E-state index in [-0.39, 0.29) is 24.0 Å². The largest absolute Gasteiger partial charge is 0.493 e. The molecule has 1 aromatic rings. The summed E-state index contributed by atoms with van der Waals surface area (Å²) in [5, 5.41) is 6.78. The van der Waals surface area contributed by atoms with Crippen molar-refractivity contribution in [3.05, 3.63) is 23.8 Å². The SMILES string of the molecule is CCNC(=NCC(C)N1CCN(C)CC1)NCCc1ccc(OC)c(OC)c1.I. The van der Waals surface area contributed by atoms with Crippen molar-refractivity contribution in [2.75, 3.05) is 67.1 Å². The molecule has 0 saturated carbocycles. The number of nitrogens with zero attached hydrogens (tertiary/aromatic N) is 3. The monoisotopic (exact) mass is 519 g/mol. The lowest BCUT2D eigenvalue weighted by Crippen LogP contribution is -2.49. The Morgan fingerprint density at radius 1 is 1.10 bits per heavy atom. The van der Waals surface area contributed by atoms with Crippen LogP contribution in [0, 0.1) is 0 Å². The number of ether oxygens (including phenoxy) is 2. The van der Waals surface area contributed by atoms with Gasteiger partial charge in [-0.05, 0) is 45.0 Å². The number of nitrogens with one attached hydrogen (secondary N) is 2. The Labute approximate surface area is 193 Å². The van der Waals surface area contributed by atoms with Gasteiger partial charge in [0.05, 0.1) is 20.8 Å². The lowest BCUT2D eigenvalue weighted by Gasteiger charge is -2.35. The van der Waals surface area contributed by atoms with Crippen molar-refractivity contribution >= 4 is 29.9 Å². The van der Waals surface area contributed by atoms with E-state index in [1.165, 1.54) is 5.56 Å². The van der Waals surface area contributed by atoms with Gasteiger partial charge in [0.25, 0.3) is 0 Å². The van der Waals surface area contributed by atoms with Gasteiger partial charge in [-0.2, -0.15) is 0 Å². The fourth-order valence-corrected chi connectivity index (χ4v) is 3.30. The zero-order valence-corrected chi connectivity index (χ0v) is 20.9. The quantitative estimate of drug-likeness (QED) is 0.296. The fraction of sp³-hybridized carbons (Fsp3) is 0.667. The molecule has 1 fully saturated rings. The lowest BCUT2D eigenvalue weighted by molar-refractivity contribution is 0.122. The molecule has 7 nitrogen and oxygen atoms in total. The maximum absolute atomic E-state index is 5.38. The molecule has 1 aliphatic rings. The number of hydrogen-bond donors (Lipinski definition) is 2. The summed E-state index contributed by atoms with van der Waals surface area (Å²) >= 11 is 0. The number of likely N-dealkylation sites (N-methyl/N-ethyl adjacent to an activating group) is 1. The van der Waals surface area contributed by atoms with Crippen molar-refractivity contribution in [1.82, 2.24) is 20.4 Å². The van der Waals surface area contributed by atoms with Crippen LogP contribution in [0.4, 0.5) is 0 Å². The average Bonchev–Trinajstić information content (AvgIpc) is 2.72. The predicted octanol–water partition coefficient (Wildman–Crippen LogP) is 2.06. The Bertz CT molecular complexity index is 621. The van der Waals surface area contributed by atoms with E-state index in [4.69, 9.17) is 14.5 Å². The molecule has 2 rings (SSSR count). The summed E-state index contributed by atoms with van der Waals surface area (Å²) in [6.07, 6.45) is 0.888. The number of guanidine groups is 1. The maximum Gasteiger partial charge on any atom is 0.191 e. The van der Waals surface area contributed by atoms with Crippen LogP contribution in [-0.4, -0.2) is 88.9 Å². The number of benzene rings is 1. The van der Waals surface area contributed by atoms with Crippen LogP contribution in [0.3, 0.4) is 0 Å². The Morgan fingerprint density at radius 3 is 2.41 bits per heavy atom. The molecule has 0 radical (unpaired) electrons.